The van der Waals surface area contributed by atoms with Crippen LogP contribution in [0.3, 0.4) is 0 Å². The van der Waals surface area contributed by atoms with Crippen molar-refractivity contribution in [1.82, 2.24) is 10.6 Å². The van der Waals surface area contributed by atoms with Gasteiger partial charge < -0.3 is 20.1 Å². The number of nitrogens with one attached hydrogen (secondary N) is 2. The van der Waals surface area contributed by atoms with Crippen LogP contribution in [0.2, 0.25) is 0 Å². The molecule has 2 N–H and O–H groups in total. The molecule has 12 heteroatoms. The third kappa shape index (κ3) is 7.40. The Morgan fingerprint density at radius 1 is 0.885 bits per heavy atom. The van der Waals surface area contributed by atoms with Crippen LogP contribution >= 0.6 is 24.4 Å². The van der Waals surface area contributed by atoms with E-state index in [1.54, 1.807) is 24.3 Å². The lowest BCUT2D eigenvalue weighted by Crippen LogP contribution is -2.25. The number of sulfone groups is 2. The van der Waals surface area contributed by atoms with Gasteiger partial charge in [-0.25, -0.2) is 16.8 Å². The molecule has 2 aliphatic rings. The Kier molecular flexibility index (Phi) is 7.15. The summed E-state index contributed by atoms with van der Waals surface area (Å²) in [5, 5.41) is 5.64. The second kappa shape index (κ2) is 8.93. The number of hydrogen-bond acceptors (Lipinski definition) is 8. The van der Waals surface area contributed by atoms with Gasteiger partial charge in [0.25, 0.3) is 10.3 Å². The molecule has 0 radical (unpaired) electrons. The fourth-order valence-electron chi connectivity index (χ4n) is 2.06. The molecule has 0 amide bonds. The highest BCUT2D eigenvalue weighted by Crippen LogP contribution is 2.09. The molecule has 0 aromatic carbocycles. The van der Waals surface area contributed by atoms with E-state index in [1.165, 1.54) is 0 Å². The standard InChI is InChI=1S/C14H18N2O6S4/c17-25(18)7-3-11(9-25)15-13(23)21-5-1-2-6-22-14(24)16-12-4-8-26(19,20)10-12/h1-4H,5-10H2,(H,15,23)(H,16,24)/b2-1+. The third-order valence-electron chi connectivity index (χ3n) is 3.23. The Morgan fingerprint density at radius 3 is 1.58 bits per heavy atom. The Morgan fingerprint density at radius 2 is 1.27 bits per heavy atom. The van der Waals surface area contributed by atoms with E-state index >= 15 is 0 Å². The fourth-order valence-corrected chi connectivity index (χ4v) is 4.93. The van der Waals surface area contributed by atoms with Gasteiger partial charge in [-0.05, 0) is 48.7 Å². The lowest BCUT2D eigenvalue weighted by Gasteiger charge is -2.09. The summed E-state index contributed by atoms with van der Waals surface area (Å²) in [7, 11) is -6.11. The molecule has 2 rings (SSSR count). The maximum absolute atomic E-state index is 11.3. The van der Waals surface area contributed by atoms with Crippen LogP contribution in [-0.2, 0) is 29.1 Å². The van der Waals surface area contributed by atoms with E-state index < -0.39 is 19.7 Å². The summed E-state index contributed by atoms with van der Waals surface area (Å²) in [4.78, 5) is 0. The van der Waals surface area contributed by atoms with Crippen molar-refractivity contribution in [2.24, 2.45) is 0 Å². The Hall–Kier alpha value is -1.50. The largest absolute Gasteiger partial charge is 0.467 e. The zero-order valence-electron chi connectivity index (χ0n) is 13.6. The van der Waals surface area contributed by atoms with Crippen molar-refractivity contribution < 1.29 is 26.3 Å². The van der Waals surface area contributed by atoms with Gasteiger partial charge in [-0.1, -0.05) is 0 Å². The first-order valence-corrected chi connectivity index (χ1v) is 11.9. The normalized spacial score (nSPS) is 20.3. The lowest BCUT2D eigenvalue weighted by molar-refractivity contribution is 0.334. The van der Waals surface area contributed by atoms with E-state index in [4.69, 9.17) is 33.9 Å². The van der Waals surface area contributed by atoms with Crippen LogP contribution in [0.15, 0.2) is 35.7 Å². The SMILES string of the molecule is O=S1(=O)CC=C(NC(=S)OC/C=C/COC(=S)NC2=CCS(=O)(=O)C2)C1. The zero-order chi connectivity index (χ0) is 19.2. The summed E-state index contributed by atoms with van der Waals surface area (Å²) >= 11 is 9.93. The summed E-state index contributed by atoms with van der Waals surface area (Å²) in [5.41, 5.74) is 1.03. The molecule has 0 spiro atoms. The van der Waals surface area contributed by atoms with Crippen molar-refractivity contribution in [3.05, 3.63) is 35.7 Å². The highest BCUT2D eigenvalue weighted by atomic mass is 32.2. The molecular formula is C14H18N2O6S4. The average molecular weight is 439 g/mol. The van der Waals surface area contributed by atoms with Crippen LogP contribution < -0.4 is 10.6 Å². The molecule has 0 atom stereocenters. The van der Waals surface area contributed by atoms with Gasteiger partial charge in [0.2, 0.25) is 0 Å². The van der Waals surface area contributed by atoms with E-state index in [9.17, 15) is 16.8 Å². The summed E-state index contributed by atoms with van der Waals surface area (Å²) in [5.74, 6) is -0.122. The second-order valence-corrected chi connectivity index (χ2v) is 10.4. The van der Waals surface area contributed by atoms with E-state index in [-0.39, 0.29) is 46.6 Å². The van der Waals surface area contributed by atoms with Crippen LogP contribution in [0.1, 0.15) is 0 Å². The zero-order valence-corrected chi connectivity index (χ0v) is 16.9. The predicted octanol–water partition coefficient (Wildman–Crippen LogP) is -0.0506. The topological polar surface area (TPSA) is 111 Å². The van der Waals surface area contributed by atoms with Gasteiger partial charge in [-0.2, -0.15) is 0 Å². The minimum atomic E-state index is -3.05. The van der Waals surface area contributed by atoms with Crippen LogP contribution in [0, 0.1) is 0 Å². The van der Waals surface area contributed by atoms with Crippen molar-refractivity contribution in [2.45, 2.75) is 0 Å². The molecule has 144 valence electrons. The van der Waals surface area contributed by atoms with E-state index in [1.807, 2.05) is 0 Å². The minimum absolute atomic E-state index is 0.00592. The maximum Gasteiger partial charge on any atom is 0.261 e. The predicted molar refractivity (Wildman–Crippen MR) is 106 cm³/mol. The molecule has 0 saturated carbocycles. The monoisotopic (exact) mass is 438 g/mol. The van der Waals surface area contributed by atoms with Crippen LogP contribution in [0.25, 0.3) is 0 Å². The van der Waals surface area contributed by atoms with Crippen LogP contribution in [-0.4, -0.2) is 63.4 Å². The van der Waals surface area contributed by atoms with E-state index in [0.29, 0.717) is 11.4 Å². The molecule has 0 aromatic heterocycles. The molecular weight excluding hydrogens is 420 g/mol. The highest BCUT2D eigenvalue weighted by Gasteiger charge is 2.21. The molecule has 0 bridgehead atoms. The molecule has 0 saturated heterocycles. The summed E-state index contributed by atoms with van der Waals surface area (Å²) in [6, 6.07) is 0. The highest BCUT2D eigenvalue weighted by molar-refractivity contribution is 7.92. The molecule has 26 heavy (non-hydrogen) atoms. The second-order valence-electron chi connectivity index (χ2n) is 5.49. The molecule has 0 fully saturated rings. The molecule has 0 aromatic rings. The van der Waals surface area contributed by atoms with Gasteiger partial charge in [-0.3, -0.25) is 0 Å². The van der Waals surface area contributed by atoms with Gasteiger partial charge >= 0.3 is 0 Å². The summed E-state index contributed by atoms with van der Waals surface area (Å²) in [6.07, 6.45) is 6.45. The van der Waals surface area contributed by atoms with Crippen molar-refractivity contribution in [3.63, 3.8) is 0 Å². The van der Waals surface area contributed by atoms with E-state index in [2.05, 4.69) is 10.6 Å². The first-order valence-electron chi connectivity index (χ1n) is 7.47. The van der Waals surface area contributed by atoms with Crippen molar-refractivity contribution >= 4 is 54.5 Å². The van der Waals surface area contributed by atoms with Gasteiger partial charge in [0.1, 0.15) is 13.2 Å². The number of ether oxygens (including phenoxy) is 2. The quantitative estimate of drug-likeness (QED) is 0.432. The number of rotatable bonds is 6. The third-order valence-corrected chi connectivity index (χ3v) is 6.52. The Labute approximate surface area is 163 Å². The van der Waals surface area contributed by atoms with Gasteiger partial charge in [0.15, 0.2) is 19.7 Å². The molecule has 0 aliphatic carbocycles. The molecule has 0 unspecified atom stereocenters. The smallest absolute Gasteiger partial charge is 0.261 e. The molecule has 8 nitrogen and oxygen atoms in total. The molecule has 2 aliphatic heterocycles. The van der Waals surface area contributed by atoms with E-state index in [0.717, 1.165) is 0 Å². The van der Waals surface area contributed by atoms with Crippen molar-refractivity contribution in [2.75, 3.05) is 36.2 Å². The number of thiocarbonyl (C=S) groups is 2. The van der Waals surface area contributed by atoms with Crippen molar-refractivity contribution in [3.8, 4) is 0 Å². The molecule has 2 heterocycles. The van der Waals surface area contributed by atoms with Gasteiger partial charge in [-0.15, -0.1) is 0 Å². The maximum atomic E-state index is 11.3. The van der Waals surface area contributed by atoms with Crippen LogP contribution in [0.4, 0.5) is 0 Å². The van der Waals surface area contributed by atoms with Crippen LogP contribution in [0.5, 0.6) is 0 Å². The van der Waals surface area contributed by atoms with Gasteiger partial charge in [0, 0.05) is 11.4 Å². The first-order chi connectivity index (χ1) is 12.2. The van der Waals surface area contributed by atoms with Crippen molar-refractivity contribution in [1.29, 1.82) is 0 Å². The van der Waals surface area contributed by atoms with Gasteiger partial charge in [0.05, 0.1) is 23.0 Å². The Bertz CT molecular complexity index is 799. The minimum Gasteiger partial charge on any atom is -0.467 e. The lowest BCUT2D eigenvalue weighted by atomic mass is 10.5. The summed E-state index contributed by atoms with van der Waals surface area (Å²) in [6.45, 7) is 0.359. The number of hydrogen-bond donors (Lipinski definition) is 2. The Balaban J connectivity index is 1.57. The average Bonchev–Trinajstić information content (AvgIpc) is 3.04. The fraction of sp³-hybridized carbons (Fsp3) is 0.429. The summed E-state index contributed by atoms with van der Waals surface area (Å²) < 4.78 is 55.7. The first kappa shape index (κ1) is 20.8.